The fraction of sp³-hybridized carbons (Fsp3) is 0.417. The third kappa shape index (κ3) is 8.62. The largest absolute Gasteiger partial charge is 0.326 e. The Morgan fingerprint density at radius 1 is 0.839 bits per heavy atom. The molecule has 0 radical (unpaired) electrons. The van der Waals surface area contributed by atoms with E-state index in [9.17, 15) is 9.59 Å². The average molecular weight is 575 g/mol. The predicted octanol–water partition coefficient (Wildman–Crippen LogP) is 6.22. The summed E-state index contributed by atoms with van der Waals surface area (Å²) in [7, 11) is 0. The van der Waals surface area contributed by atoms with Gasteiger partial charge >= 0.3 is 0 Å². The Kier molecular flexibility index (Phi) is 12.3. The summed E-state index contributed by atoms with van der Waals surface area (Å²) in [6, 6.07) is 16.0. The molecular formula is C24H29Cl2IN2O2. The number of nitrogens with one attached hydrogen (secondary N) is 1. The number of carbonyl (C=O) groups is 2. The molecule has 4 nitrogen and oxygen atoms in total. The van der Waals surface area contributed by atoms with Gasteiger partial charge in [-0.1, -0.05) is 59.0 Å². The summed E-state index contributed by atoms with van der Waals surface area (Å²) in [5, 5.41) is 2.82. The molecule has 7 heteroatoms. The fourth-order valence-electron chi connectivity index (χ4n) is 3.33. The van der Waals surface area contributed by atoms with E-state index in [1.165, 1.54) is 15.6 Å². The summed E-state index contributed by atoms with van der Waals surface area (Å²) in [6.45, 7) is 0.735. The van der Waals surface area contributed by atoms with Crippen LogP contribution in [0, 0.1) is 0 Å². The van der Waals surface area contributed by atoms with Gasteiger partial charge in [0.2, 0.25) is 11.8 Å². The van der Waals surface area contributed by atoms with Gasteiger partial charge in [-0.2, -0.15) is 0 Å². The van der Waals surface area contributed by atoms with Crippen LogP contribution in [0.15, 0.2) is 48.5 Å². The Hall–Kier alpha value is -1.31. The Labute approximate surface area is 208 Å². The number of anilines is 2. The summed E-state index contributed by atoms with van der Waals surface area (Å²) < 4.78 is 1.18. The number of alkyl halides is 3. The van der Waals surface area contributed by atoms with Gasteiger partial charge in [-0.05, 0) is 48.9 Å². The van der Waals surface area contributed by atoms with Crippen LogP contribution in [0.3, 0.4) is 0 Å². The molecule has 0 aromatic heterocycles. The van der Waals surface area contributed by atoms with Gasteiger partial charge in [-0.25, -0.2) is 0 Å². The Bertz CT molecular complexity index is 846. The summed E-state index contributed by atoms with van der Waals surface area (Å²) >= 11 is 13.3. The van der Waals surface area contributed by atoms with Gasteiger partial charge in [0, 0.05) is 46.9 Å². The highest BCUT2D eigenvalue weighted by Gasteiger charge is 2.22. The smallest absolute Gasteiger partial charge is 0.227 e. The molecule has 2 aromatic rings. The molecule has 2 aromatic carbocycles. The van der Waals surface area contributed by atoms with Gasteiger partial charge in [0.05, 0.1) is 0 Å². The van der Waals surface area contributed by atoms with Crippen LogP contribution in [0.1, 0.15) is 36.8 Å². The van der Waals surface area contributed by atoms with Gasteiger partial charge in [0.15, 0.2) is 0 Å². The van der Waals surface area contributed by atoms with Crippen LogP contribution in [0.25, 0.3) is 0 Å². The molecule has 0 bridgehead atoms. The van der Waals surface area contributed by atoms with Crippen molar-refractivity contribution in [2.75, 3.05) is 32.9 Å². The number of hydrogen-bond acceptors (Lipinski definition) is 2. The number of halogens is 3. The molecule has 2 aliphatic rings. The molecule has 0 unspecified atom stereocenters. The van der Waals surface area contributed by atoms with Gasteiger partial charge in [-0.15, -0.1) is 23.2 Å². The van der Waals surface area contributed by atoms with Crippen molar-refractivity contribution in [2.24, 2.45) is 0 Å². The molecule has 0 fully saturated rings. The van der Waals surface area contributed by atoms with E-state index in [0.717, 1.165) is 49.5 Å². The van der Waals surface area contributed by atoms with E-state index in [0.29, 0.717) is 18.7 Å². The van der Waals surface area contributed by atoms with Gasteiger partial charge < -0.3 is 10.2 Å². The Morgan fingerprint density at radius 3 is 2.16 bits per heavy atom. The second kappa shape index (κ2) is 14.7. The summed E-state index contributed by atoms with van der Waals surface area (Å²) in [6.07, 6.45) is 4.98. The summed E-state index contributed by atoms with van der Waals surface area (Å²) in [4.78, 5) is 24.5. The summed E-state index contributed by atoms with van der Waals surface area (Å²) in [5.74, 6) is 1.76. The maximum Gasteiger partial charge on any atom is 0.227 e. The van der Waals surface area contributed by atoms with E-state index in [2.05, 4.69) is 40.0 Å². The highest BCUT2D eigenvalue weighted by Crippen LogP contribution is 2.27. The van der Waals surface area contributed by atoms with Crippen LogP contribution in [0.5, 0.6) is 0 Å². The number of aryl methyl sites for hydroxylation is 2. The lowest BCUT2D eigenvalue weighted by Crippen LogP contribution is -2.35. The number of rotatable bonds is 5. The van der Waals surface area contributed by atoms with E-state index >= 15 is 0 Å². The highest BCUT2D eigenvalue weighted by atomic mass is 127. The van der Waals surface area contributed by atoms with E-state index in [-0.39, 0.29) is 11.8 Å². The van der Waals surface area contributed by atoms with Crippen molar-refractivity contribution in [3.05, 3.63) is 59.7 Å². The summed E-state index contributed by atoms with van der Waals surface area (Å²) in [5.41, 5.74) is 4.56. The highest BCUT2D eigenvalue weighted by molar-refractivity contribution is 14.1. The van der Waals surface area contributed by atoms with Crippen molar-refractivity contribution in [3.63, 3.8) is 0 Å². The van der Waals surface area contributed by atoms with E-state index < -0.39 is 0 Å². The van der Waals surface area contributed by atoms with Crippen molar-refractivity contribution in [1.82, 2.24) is 0 Å². The monoisotopic (exact) mass is 574 g/mol. The van der Waals surface area contributed by atoms with Crippen LogP contribution < -0.4 is 10.2 Å². The van der Waals surface area contributed by atoms with Crippen LogP contribution in [0.4, 0.5) is 11.4 Å². The lowest BCUT2D eigenvalue weighted by atomic mass is 10.0. The first-order chi connectivity index (χ1) is 15.1. The molecule has 0 atom stereocenters. The molecule has 0 aliphatic carbocycles. The number of para-hydroxylation sites is 2. The van der Waals surface area contributed by atoms with Crippen molar-refractivity contribution in [1.29, 1.82) is 0 Å². The lowest BCUT2D eigenvalue weighted by molar-refractivity contribution is -0.119. The molecule has 1 N–H and O–H groups in total. The lowest BCUT2D eigenvalue weighted by Gasteiger charge is -2.29. The maximum atomic E-state index is 11.7. The topological polar surface area (TPSA) is 49.4 Å². The zero-order valence-corrected chi connectivity index (χ0v) is 21.3. The zero-order chi connectivity index (χ0) is 22.5. The minimum absolute atomic E-state index is 0.128. The van der Waals surface area contributed by atoms with Crippen molar-refractivity contribution < 1.29 is 9.59 Å². The Balaban J connectivity index is 0.000000187. The van der Waals surface area contributed by atoms with Crippen LogP contribution in [-0.4, -0.2) is 34.5 Å². The van der Waals surface area contributed by atoms with Gasteiger partial charge in [0.25, 0.3) is 0 Å². The molecule has 0 saturated carbocycles. The standard InChI is InChI=1S/C12H14ClNO.C9H9NO.C3H6ClI/c13-8-3-9-14-11-5-2-1-4-10(11)6-7-12(14)15;11-9-6-5-7-3-1-2-4-8(7)10-9;4-2-1-3-5/h1-2,4-5H,3,6-9H2;1-4H,5-6H2,(H,10,11);1-3H2. The van der Waals surface area contributed by atoms with Crippen molar-refractivity contribution in [2.45, 2.75) is 38.5 Å². The second-order valence-corrected chi connectivity index (χ2v) is 8.99. The quantitative estimate of drug-likeness (QED) is 0.340. The van der Waals surface area contributed by atoms with Gasteiger partial charge in [0.1, 0.15) is 0 Å². The minimum atomic E-state index is 0.128. The molecule has 4 rings (SSSR count). The van der Waals surface area contributed by atoms with E-state index in [1.807, 2.05) is 41.3 Å². The maximum absolute atomic E-state index is 11.7. The normalized spacial score (nSPS) is 14.2. The van der Waals surface area contributed by atoms with Crippen LogP contribution in [0.2, 0.25) is 0 Å². The third-order valence-electron chi connectivity index (χ3n) is 4.89. The zero-order valence-electron chi connectivity index (χ0n) is 17.6. The SMILES string of the molecule is ClCCCI.O=C1CCc2ccccc2N1.O=C1CCc2ccccc2N1CCCCl. The molecule has 2 aliphatic heterocycles. The number of benzene rings is 2. The van der Waals surface area contributed by atoms with Crippen LogP contribution in [-0.2, 0) is 22.4 Å². The molecular weight excluding hydrogens is 546 g/mol. The van der Waals surface area contributed by atoms with Crippen LogP contribution >= 0.6 is 45.8 Å². The van der Waals surface area contributed by atoms with Gasteiger partial charge in [-0.3, -0.25) is 9.59 Å². The first-order valence-electron chi connectivity index (χ1n) is 10.5. The predicted molar refractivity (Wildman–Crippen MR) is 140 cm³/mol. The molecule has 31 heavy (non-hydrogen) atoms. The van der Waals surface area contributed by atoms with E-state index in [1.54, 1.807) is 0 Å². The Morgan fingerprint density at radius 2 is 1.48 bits per heavy atom. The van der Waals surface area contributed by atoms with Crippen molar-refractivity contribution >= 4 is 69.0 Å². The molecule has 168 valence electrons. The molecule has 0 spiro atoms. The second-order valence-electron chi connectivity index (χ2n) is 7.15. The fourth-order valence-corrected chi connectivity index (χ4v) is 4.42. The number of amides is 2. The average Bonchev–Trinajstić information content (AvgIpc) is 2.80. The number of nitrogens with zero attached hydrogens (tertiary/aromatic N) is 1. The molecule has 2 amide bonds. The van der Waals surface area contributed by atoms with E-state index in [4.69, 9.17) is 23.2 Å². The number of fused-ring (bicyclic) bond motifs is 2. The molecule has 0 saturated heterocycles. The molecule has 2 heterocycles. The first kappa shape index (κ1) is 25.9. The number of carbonyl (C=O) groups excluding carboxylic acids is 2. The third-order valence-corrected chi connectivity index (χ3v) is 6.18. The van der Waals surface area contributed by atoms with Crippen molar-refractivity contribution in [3.8, 4) is 0 Å². The first-order valence-corrected chi connectivity index (χ1v) is 13.1. The minimum Gasteiger partial charge on any atom is -0.326 e. The number of hydrogen-bond donors (Lipinski definition) is 1.